The van der Waals surface area contributed by atoms with E-state index in [1.54, 1.807) is 50.2 Å². The van der Waals surface area contributed by atoms with Gasteiger partial charge in [-0.05, 0) is 67.8 Å². The molecule has 0 bridgehead atoms. The summed E-state index contributed by atoms with van der Waals surface area (Å²) < 4.78 is 22.0. The van der Waals surface area contributed by atoms with Gasteiger partial charge in [0.25, 0.3) is 5.78 Å². The number of aryl methyl sites for hydroxylation is 2. The molecular weight excluding hydrogens is 596 g/mol. The topological polar surface area (TPSA) is 124 Å². The number of carbonyl (C=O) groups excluding carboxylic acids is 3. The molecule has 45 heavy (non-hydrogen) atoms. The number of anilines is 1. The molecule has 0 radical (unpaired) electrons. The minimum atomic E-state index is -1.10. The monoisotopic (exact) mass is 628 g/mol. The van der Waals surface area contributed by atoms with Crippen molar-refractivity contribution in [1.29, 1.82) is 0 Å². The summed E-state index contributed by atoms with van der Waals surface area (Å²) in [6.07, 6.45) is 0. The molecule has 1 saturated heterocycles. The summed E-state index contributed by atoms with van der Waals surface area (Å²) in [5.74, 6) is -1.35. The Labute approximate surface area is 264 Å². The zero-order valence-corrected chi connectivity index (χ0v) is 26.3. The summed E-state index contributed by atoms with van der Waals surface area (Å²) in [5, 5.41) is 11.8. The van der Waals surface area contributed by atoms with Gasteiger partial charge in [0.15, 0.2) is 16.6 Å². The van der Waals surface area contributed by atoms with Crippen molar-refractivity contribution in [3.05, 3.63) is 105 Å². The lowest BCUT2D eigenvalue weighted by molar-refractivity contribution is -0.132. The average molecular weight is 629 g/mol. The Hall–Kier alpha value is -5.16. The number of nitrogens with zero attached hydrogens (tertiary/aromatic N) is 2. The third-order valence-corrected chi connectivity index (χ3v) is 8.44. The van der Waals surface area contributed by atoms with Crippen molar-refractivity contribution in [2.75, 3.05) is 25.7 Å². The number of methoxy groups -OCH3 is 2. The molecule has 0 aliphatic carbocycles. The maximum absolute atomic E-state index is 13.7. The number of carbonyl (C=O) groups is 3. The Bertz CT molecular complexity index is 1800. The van der Waals surface area contributed by atoms with E-state index in [0.29, 0.717) is 40.7 Å². The van der Waals surface area contributed by atoms with Gasteiger partial charge >= 0.3 is 11.9 Å². The first kappa shape index (κ1) is 31.3. The lowest BCUT2D eigenvalue weighted by atomic mass is 9.94. The second kappa shape index (κ2) is 13.2. The van der Waals surface area contributed by atoms with Crippen LogP contribution in [-0.2, 0) is 20.9 Å². The van der Waals surface area contributed by atoms with E-state index in [1.807, 2.05) is 37.3 Å². The fourth-order valence-electron chi connectivity index (χ4n) is 5.09. The van der Waals surface area contributed by atoms with Crippen molar-refractivity contribution in [3.63, 3.8) is 0 Å². The molecular formula is C34H32N2O8S. The lowest BCUT2D eigenvalue weighted by Crippen LogP contribution is -2.29. The van der Waals surface area contributed by atoms with E-state index in [-0.39, 0.29) is 27.9 Å². The summed E-state index contributed by atoms with van der Waals surface area (Å²) in [4.78, 5) is 45.8. The molecule has 11 heteroatoms. The van der Waals surface area contributed by atoms with E-state index < -0.39 is 23.7 Å². The van der Waals surface area contributed by atoms with Gasteiger partial charge in [-0.3, -0.25) is 14.5 Å². The van der Waals surface area contributed by atoms with Crippen LogP contribution in [-0.4, -0.2) is 48.6 Å². The Morgan fingerprint density at radius 2 is 1.67 bits per heavy atom. The Morgan fingerprint density at radius 3 is 2.33 bits per heavy atom. The van der Waals surface area contributed by atoms with Gasteiger partial charge in [-0.25, -0.2) is 9.78 Å². The van der Waals surface area contributed by atoms with Crippen LogP contribution in [0.15, 0.2) is 72.3 Å². The van der Waals surface area contributed by atoms with Crippen molar-refractivity contribution in [2.24, 2.45) is 0 Å². The number of benzene rings is 3. The van der Waals surface area contributed by atoms with Gasteiger partial charge in [0.05, 0.1) is 38.1 Å². The molecule has 1 aromatic heterocycles. The van der Waals surface area contributed by atoms with Crippen LogP contribution in [0.4, 0.5) is 5.13 Å². The lowest BCUT2D eigenvalue weighted by Gasteiger charge is -2.24. The zero-order chi connectivity index (χ0) is 32.2. The summed E-state index contributed by atoms with van der Waals surface area (Å²) in [5.41, 5.74) is 2.71. The fourth-order valence-corrected chi connectivity index (χ4v) is 6.08. The predicted octanol–water partition coefficient (Wildman–Crippen LogP) is 6.16. The van der Waals surface area contributed by atoms with E-state index in [0.717, 1.165) is 22.5 Å². The van der Waals surface area contributed by atoms with Crippen molar-refractivity contribution in [3.8, 4) is 17.2 Å². The molecule has 3 aromatic carbocycles. The number of rotatable bonds is 10. The third kappa shape index (κ3) is 6.12. The van der Waals surface area contributed by atoms with E-state index >= 15 is 0 Å². The molecule has 2 heterocycles. The van der Waals surface area contributed by atoms with Crippen LogP contribution in [0.5, 0.6) is 17.2 Å². The highest BCUT2D eigenvalue weighted by Gasteiger charge is 2.48. The number of aliphatic hydroxyl groups is 1. The van der Waals surface area contributed by atoms with Gasteiger partial charge in [-0.2, -0.15) is 0 Å². The minimum Gasteiger partial charge on any atom is -0.507 e. The number of esters is 1. The first-order valence-corrected chi connectivity index (χ1v) is 14.9. The molecule has 10 nitrogen and oxygen atoms in total. The molecule has 1 unspecified atom stereocenters. The van der Waals surface area contributed by atoms with Crippen LogP contribution in [0, 0.1) is 13.8 Å². The number of ether oxygens (including phenoxy) is 4. The summed E-state index contributed by atoms with van der Waals surface area (Å²) >= 11 is 0.935. The van der Waals surface area contributed by atoms with Gasteiger partial charge in [-0.1, -0.05) is 47.7 Å². The van der Waals surface area contributed by atoms with Crippen LogP contribution < -0.4 is 19.1 Å². The molecule has 4 aromatic rings. The summed E-state index contributed by atoms with van der Waals surface area (Å²) in [6, 6.07) is 18.6. The minimum absolute atomic E-state index is 0.109. The third-order valence-electron chi connectivity index (χ3n) is 7.31. The molecule has 1 aliphatic heterocycles. The largest absolute Gasteiger partial charge is 0.507 e. The number of ketones is 1. The van der Waals surface area contributed by atoms with Gasteiger partial charge < -0.3 is 24.1 Å². The predicted molar refractivity (Wildman–Crippen MR) is 169 cm³/mol. The normalized spacial score (nSPS) is 15.7. The number of amides is 1. The van der Waals surface area contributed by atoms with Crippen molar-refractivity contribution in [1.82, 2.24) is 4.98 Å². The Morgan fingerprint density at radius 1 is 0.956 bits per heavy atom. The van der Waals surface area contributed by atoms with E-state index in [1.165, 1.54) is 19.1 Å². The second-order valence-electron chi connectivity index (χ2n) is 10.2. The molecule has 1 aliphatic rings. The summed E-state index contributed by atoms with van der Waals surface area (Å²) in [6.45, 7) is 5.67. The van der Waals surface area contributed by atoms with Crippen LogP contribution in [0.25, 0.3) is 5.76 Å². The molecule has 0 spiro atoms. The first-order valence-electron chi connectivity index (χ1n) is 14.1. The molecule has 1 N–H and O–H groups in total. The standard InChI is InChI=1S/C34H32N2O8S/c1-6-43-33(40)31-20(3)35-34(45-31)36-28(22-12-15-25(41-4)26(17-22)42-5)27(30(38)32(36)39)29(37)23-13-14-24(19(2)16-23)44-18-21-10-8-7-9-11-21/h7-17,28,37H,6,18H2,1-5H3. The molecule has 232 valence electrons. The zero-order valence-electron chi connectivity index (χ0n) is 25.5. The Kier molecular flexibility index (Phi) is 9.19. The number of Topliss-reactive ketones (excluding diaryl/α,β-unsaturated/α-hetero) is 1. The quantitative estimate of drug-likeness (QED) is 0.0952. The highest BCUT2D eigenvalue weighted by molar-refractivity contribution is 7.17. The molecule has 1 atom stereocenters. The van der Waals surface area contributed by atoms with Gasteiger partial charge in [0.1, 0.15) is 23.0 Å². The second-order valence-corrected chi connectivity index (χ2v) is 11.1. The first-order chi connectivity index (χ1) is 21.7. The smallest absolute Gasteiger partial charge is 0.350 e. The highest BCUT2D eigenvalue weighted by atomic mass is 32.1. The number of hydrogen-bond donors (Lipinski definition) is 1. The molecule has 5 rings (SSSR count). The van der Waals surface area contributed by atoms with Crippen molar-refractivity contribution >= 4 is 39.9 Å². The van der Waals surface area contributed by atoms with Gasteiger partial charge in [0.2, 0.25) is 0 Å². The highest BCUT2D eigenvalue weighted by Crippen LogP contribution is 2.45. The van der Waals surface area contributed by atoms with E-state index in [2.05, 4.69) is 4.98 Å². The number of aromatic nitrogens is 1. The fraction of sp³-hybridized carbons (Fsp3) is 0.235. The van der Waals surface area contributed by atoms with Crippen LogP contribution in [0.2, 0.25) is 0 Å². The number of aliphatic hydroxyl groups excluding tert-OH is 1. The van der Waals surface area contributed by atoms with Gasteiger partial charge in [-0.15, -0.1) is 0 Å². The molecule has 1 fully saturated rings. The SMILES string of the molecule is CCOC(=O)c1sc(N2C(=O)C(=O)C(=C(O)c3ccc(OCc4ccccc4)c(C)c3)C2c2ccc(OC)c(OC)c2)nc1C. The van der Waals surface area contributed by atoms with Crippen LogP contribution >= 0.6 is 11.3 Å². The number of hydrogen-bond acceptors (Lipinski definition) is 10. The number of thiazole rings is 1. The average Bonchev–Trinajstić information content (AvgIpc) is 3.56. The van der Waals surface area contributed by atoms with Gasteiger partial charge in [0, 0.05) is 5.56 Å². The summed E-state index contributed by atoms with van der Waals surface area (Å²) in [7, 11) is 2.97. The van der Waals surface area contributed by atoms with E-state index in [9.17, 15) is 19.5 Å². The maximum Gasteiger partial charge on any atom is 0.350 e. The maximum atomic E-state index is 13.7. The van der Waals surface area contributed by atoms with Crippen molar-refractivity contribution < 1.29 is 38.4 Å². The van der Waals surface area contributed by atoms with E-state index in [4.69, 9.17) is 18.9 Å². The molecule has 1 amide bonds. The molecule has 0 saturated carbocycles. The van der Waals surface area contributed by atoms with Crippen molar-refractivity contribution in [2.45, 2.75) is 33.4 Å². The Balaban J connectivity index is 1.61. The van der Waals surface area contributed by atoms with Crippen LogP contribution in [0.3, 0.4) is 0 Å². The van der Waals surface area contributed by atoms with Crippen LogP contribution in [0.1, 0.15) is 50.6 Å².